The molecule has 1 unspecified atom stereocenters. The summed E-state index contributed by atoms with van der Waals surface area (Å²) in [6, 6.07) is 7.41. The van der Waals surface area contributed by atoms with Crippen LogP contribution in [0, 0.1) is 0 Å². The number of benzene rings is 1. The lowest BCUT2D eigenvalue weighted by molar-refractivity contribution is 0.683. The average molecular weight is 395 g/mol. The lowest BCUT2D eigenvalue weighted by Gasteiger charge is -2.05. The van der Waals surface area contributed by atoms with E-state index < -0.39 is 10.8 Å². The first-order chi connectivity index (χ1) is 8.06. The number of nitrogens with two attached hydrogens (primary N) is 1. The molecular weight excluding hydrogens is 386 g/mol. The minimum absolute atomic E-state index is 0.497. The molecule has 0 aliphatic carbocycles. The van der Waals surface area contributed by atoms with Gasteiger partial charge in [-0.05, 0) is 40.2 Å². The second kappa shape index (κ2) is 5.65. The molecule has 0 amide bonds. The Labute approximate surface area is 123 Å². The van der Waals surface area contributed by atoms with Gasteiger partial charge in [-0.2, -0.15) is 0 Å². The van der Waals surface area contributed by atoms with Crippen molar-refractivity contribution in [1.29, 1.82) is 0 Å². The van der Waals surface area contributed by atoms with Crippen molar-refractivity contribution in [2.45, 2.75) is 10.6 Å². The number of halogens is 2. The monoisotopic (exact) mass is 393 g/mol. The Morgan fingerprint density at radius 3 is 2.65 bits per heavy atom. The van der Waals surface area contributed by atoms with E-state index in [9.17, 15) is 4.21 Å². The fourth-order valence-electron chi connectivity index (χ4n) is 1.34. The Hall–Kier alpha value is -0.170. The van der Waals surface area contributed by atoms with Gasteiger partial charge in [0.1, 0.15) is 0 Å². The number of hydrogen-bond donors (Lipinski definition) is 1. The van der Waals surface area contributed by atoms with E-state index in [4.69, 9.17) is 5.73 Å². The highest BCUT2D eigenvalue weighted by atomic mass is 79.9. The Bertz CT molecular complexity index is 568. The first-order valence-electron chi connectivity index (χ1n) is 4.72. The summed E-state index contributed by atoms with van der Waals surface area (Å²) in [7, 11) is -1.11. The topological polar surface area (TPSA) is 43.1 Å². The second-order valence-corrected chi connectivity index (χ2v) is 7.65. The van der Waals surface area contributed by atoms with Crippen LogP contribution in [-0.4, -0.2) is 4.21 Å². The zero-order chi connectivity index (χ0) is 12.4. The predicted molar refractivity (Wildman–Crippen MR) is 80.7 cm³/mol. The van der Waals surface area contributed by atoms with Gasteiger partial charge >= 0.3 is 0 Å². The van der Waals surface area contributed by atoms with E-state index >= 15 is 0 Å². The molecule has 0 spiro atoms. The largest absolute Gasteiger partial charge is 0.398 e. The quantitative estimate of drug-likeness (QED) is 0.794. The van der Waals surface area contributed by atoms with Crippen LogP contribution in [0.4, 0.5) is 5.69 Å². The van der Waals surface area contributed by atoms with E-state index in [1.165, 1.54) is 0 Å². The van der Waals surface area contributed by atoms with E-state index in [0.29, 0.717) is 16.3 Å². The van der Waals surface area contributed by atoms with E-state index in [-0.39, 0.29) is 0 Å². The lowest BCUT2D eigenvalue weighted by atomic mass is 10.3. The van der Waals surface area contributed by atoms with Crippen molar-refractivity contribution < 1.29 is 4.21 Å². The van der Waals surface area contributed by atoms with Gasteiger partial charge in [-0.15, -0.1) is 11.3 Å². The van der Waals surface area contributed by atoms with Crippen molar-refractivity contribution in [3.8, 4) is 0 Å². The van der Waals surface area contributed by atoms with Crippen LogP contribution < -0.4 is 5.73 Å². The molecule has 0 saturated heterocycles. The van der Waals surface area contributed by atoms with Crippen LogP contribution in [0.3, 0.4) is 0 Å². The molecule has 2 N–H and O–H groups in total. The standard InChI is InChI=1S/C11H9Br2NOS2/c12-7-1-2-10(14)11(4-7)17(15)6-9-3-8(13)5-16-9/h1-5H,6,14H2. The summed E-state index contributed by atoms with van der Waals surface area (Å²) in [4.78, 5) is 1.76. The Kier molecular flexibility index (Phi) is 4.41. The maximum Gasteiger partial charge on any atom is 0.0632 e. The first kappa shape index (κ1) is 13.3. The first-order valence-corrected chi connectivity index (χ1v) is 8.51. The lowest BCUT2D eigenvalue weighted by Crippen LogP contribution is -1.99. The summed E-state index contributed by atoms with van der Waals surface area (Å²) in [5, 5.41) is 1.98. The average Bonchev–Trinajstić information content (AvgIpc) is 2.67. The maximum absolute atomic E-state index is 12.2. The van der Waals surface area contributed by atoms with Gasteiger partial charge in [0, 0.05) is 24.9 Å². The normalized spacial score (nSPS) is 12.6. The summed E-state index contributed by atoms with van der Waals surface area (Å²) in [5.74, 6) is 0.497. The van der Waals surface area contributed by atoms with Crippen LogP contribution in [0.2, 0.25) is 0 Å². The minimum atomic E-state index is -1.11. The minimum Gasteiger partial charge on any atom is -0.398 e. The fraction of sp³-hybridized carbons (Fsp3) is 0.0909. The van der Waals surface area contributed by atoms with Crippen LogP contribution in [0.1, 0.15) is 4.88 Å². The third kappa shape index (κ3) is 3.40. The molecule has 0 aliphatic rings. The highest BCUT2D eigenvalue weighted by Crippen LogP contribution is 2.26. The van der Waals surface area contributed by atoms with Crippen LogP contribution >= 0.6 is 43.2 Å². The van der Waals surface area contributed by atoms with Crippen molar-refractivity contribution in [3.63, 3.8) is 0 Å². The Morgan fingerprint density at radius 1 is 1.24 bits per heavy atom. The van der Waals surface area contributed by atoms with E-state index in [1.807, 2.05) is 23.6 Å². The molecule has 0 fully saturated rings. The van der Waals surface area contributed by atoms with Gasteiger partial charge in [0.05, 0.1) is 21.4 Å². The molecule has 1 heterocycles. The van der Waals surface area contributed by atoms with Crippen molar-refractivity contribution in [2.24, 2.45) is 0 Å². The molecule has 17 heavy (non-hydrogen) atoms. The van der Waals surface area contributed by atoms with Gasteiger partial charge in [0.2, 0.25) is 0 Å². The SMILES string of the molecule is Nc1ccc(Br)cc1S(=O)Cc1cc(Br)cs1. The number of rotatable bonds is 3. The molecule has 0 aliphatic heterocycles. The molecular formula is C11H9Br2NOS2. The van der Waals surface area contributed by atoms with Gasteiger partial charge in [-0.3, -0.25) is 4.21 Å². The molecule has 2 aromatic rings. The Balaban J connectivity index is 2.22. The van der Waals surface area contributed by atoms with E-state index in [2.05, 4.69) is 31.9 Å². The maximum atomic E-state index is 12.2. The molecule has 1 atom stereocenters. The second-order valence-electron chi connectivity index (χ2n) is 3.40. The molecule has 2 rings (SSSR count). The van der Waals surface area contributed by atoms with E-state index in [1.54, 1.807) is 17.4 Å². The molecule has 90 valence electrons. The number of hydrogen-bond acceptors (Lipinski definition) is 3. The summed E-state index contributed by atoms with van der Waals surface area (Å²) >= 11 is 8.33. The highest BCUT2D eigenvalue weighted by molar-refractivity contribution is 9.10. The zero-order valence-electron chi connectivity index (χ0n) is 8.65. The van der Waals surface area contributed by atoms with E-state index in [0.717, 1.165) is 13.8 Å². The molecule has 0 radical (unpaired) electrons. The smallest absolute Gasteiger partial charge is 0.0632 e. The highest BCUT2D eigenvalue weighted by Gasteiger charge is 2.10. The summed E-state index contributed by atoms with van der Waals surface area (Å²) < 4.78 is 14.1. The third-order valence-corrected chi connectivity index (χ3v) is 5.91. The van der Waals surface area contributed by atoms with Crippen molar-refractivity contribution in [3.05, 3.63) is 43.5 Å². The van der Waals surface area contributed by atoms with Crippen molar-refractivity contribution >= 4 is 59.7 Å². The van der Waals surface area contributed by atoms with Crippen LogP contribution in [0.5, 0.6) is 0 Å². The molecule has 1 aromatic carbocycles. The number of anilines is 1. The molecule has 6 heteroatoms. The summed E-state index contributed by atoms with van der Waals surface area (Å²) in [6.45, 7) is 0. The summed E-state index contributed by atoms with van der Waals surface area (Å²) in [5.41, 5.74) is 6.40. The predicted octanol–water partition coefficient (Wildman–Crippen LogP) is 4.16. The van der Waals surface area contributed by atoms with Crippen molar-refractivity contribution in [2.75, 3.05) is 5.73 Å². The number of thiophene rings is 1. The van der Waals surface area contributed by atoms with Crippen LogP contribution in [0.15, 0.2) is 43.5 Å². The van der Waals surface area contributed by atoms with Gasteiger partial charge in [-0.25, -0.2) is 0 Å². The van der Waals surface area contributed by atoms with Crippen LogP contribution in [0.25, 0.3) is 0 Å². The van der Waals surface area contributed by atoms with Gasteiger partial charge in [0.25, 0.3) is 0 Å². The Morgan fingerprint density at radius 2 is 2.00 bits per heavy atom. The molecule has 1 aromatic heterocycles. The zero-order valence-corrected chi connectivity index (χ0v) is 13.5. The van der Waals surface area contributed by atoms with Gasteiger partial charge < -0.3 is 5.73 Å². The fourth-order valence-corrected chi connectivity index (χ4v) is 4.77. The summed E-state index contributed by atoms with van der Waals surface area (Å²) in [6.07, 6.45) is 0. The molecule has 0 saturated carbocycles. The third-order valence-electron chi connectivity index (χ3n) is 2.12. The number of nitrogen functional groups attached to an aromatic ring is 1. The van der Waals surface area contributed by atoms with Gasteiger partial charge in [0.15, 0.2) is 0 Å². The van der Waals surface area contributed by atoms with Crippen molar-refractivity contribution in [1.82, 2.24) is 0 Å². The molecule has 2 nitrogen and oxygen atoms in total. The van der Waals surface area contributed by atoms with Crippen LogP contribution in [-0.2, 0) is 16.6 Å². The molecule has 0 bridgehead atoms. The van der Waals surface area contributed by atoms with Gasteiger partial charge in [-0.1, -0.05) is 15.9 Å².